The minimum absolute atomic E-state index is 0.165. The van der Waals surface area contributed by atoms with Crippen molar-refractivity contribution >= 4 is 15.9 Å². The first kappa shape index (κ1) is 12.1. The Morgan fingerprint density at radius 3 is 2.62 bits per heavy atom. The van der Waals surface area contributed by atoms with Crippen LogP contribution < -0.4 is 5.32 Å². The molecule has 16 heavy (non-hydrogen) atoms. The van der Waals surface area contributed by atoms with Gasteiger partial charge in [0.05, 0.1) is 0 Å². The molecule has 0 saturated heterocycles. The molecule has 0 radical (unpaired) electrons. The van der Waals surface area contributed by atoms with Crippen LogP contribution in [0.5, 0.6) is 0 Å². The average Bonchev–Trinajstić information content (AvgIpc) is 2.96. The van der Waals surface area contributed by atoms with Crippen molar-refractivity contribution in [2.75, 3.05) is 0 Å². The molecule has 2 rings (SSSR count). The summed E-state index contributed by atoms with van der Waals surface area (Å²) >= 11 is 3.31. The third-order valence-corrected chi connectivity index (χ3v) is 3.73. The largest absolute Gasteiger partial charge is 0.307 e. The normalized spacial score (nSPS) is 16.5. The summed E-state index contributed by atoms with van der Waals surface area (Å²) < 4.78 is 14.0. The molecule has 1 nitrogen and oxygen atoms in total. The van der Waals surface area contributed by atoms with Gasteiger partial charge in [0.25, 0.3) is 0 Å². The van der Waals surface area contributed by atoms with Crippen molar-refractivity contribution < 1.29 is 4.39 Å². The van der Waals surface area contributed by atoms with Gasteiger partial charge in [0.15, 0.2) is 0 Å². The van der Waals surface area contributed by atoms with Crippen molar-refractivity contribution in [2.24, 2.45) is 5.92 Å². The second kappa shape index (κ2) is 4.46. The Morgan fingerprint density at radius 1 is 1.38 bits per heavy atom. The molecule has 0 atom stereocenters. The maximum absolute atomic E-state index is 13.2. The summed E-state index contributed by atoms with van der Waals surface area (Å²) in [4.78, 5) is 0. The van der Waals surface area contributed by atoms with Gasteiger partial charge in [-0.1, -0.05) is 15.9 Å². The molecule has 0 aliphatic heterocycles. The van der Waals surface area contributed by atoms with E-state index in [1.807, 2.05) is 6.07 Å². The maximum atomic E-state index is 13.2. The van der Waals surface area contributed by atoms with Crippen molar-refractivity contribution in [3.63, 3.8) is 0 Å². The van der Waals surface area contributed by atoms with Crippen molar-refractivity contribution in [1.29, 1.82) is 0 Å². The highest BCUT2D eigenvalue weighted by Crippen LogP contribution is 2.39. The molecule has 0 bridgehead atoms. The van der Waals surface area contributed by atoms with Crippen LogP contribution in [-0.2, 0) is 6.54 Å². The molecule has 88 valence electrons. The van der Waals surface area contributed by atoms with Crippen LogP contribution in [0.15, 0.2) is 22.7 Å². The Balaban J connectivity index is 1.98. The van der Waals surface area contributed by atoms with Gasteiger partial charge in [0.1, 0.15) is 5.82 Å². The van der Waals surface area contributed by atoms with Crippen molar-refractivity contribution in [3.8, 4) is 0 Å². The number of hydrogen-bond donors (Lipinski definition) is 1. The summed E-state index contributed by atoms with van der Waals surface area (Å²) in [5.41, 5.74) is 1.15. The summed E-state index contributed by atoms with van der Waals surface area (Å²) in [5, 5.41) is 3.50. The smallest absolute Gasteiger partial charge is 0.124 e. The lowest BCUT2D eigenvalue weighted by atomic mass is 9.98. The maximum Gasteiger partial charge on any atom is 0.124 e. The van der Waals surface area contributed by atoms with Gasteiger partial charge in [-0.2, -0.15) is 0 Å². The molecule has 0 unspecified atom stereocenters. The van der Waals surface area contributed by atoms with Crippen molar-refractivity contribution in [2.45, 2.75) is 38.8 Å². The van der Waals surface area contributed by atoms with E-state index in [0.29, 0.717) is 0 Å². The lowest BCUT2D eigenvalue weighted by Crippen LogP contribution is -2.40. The third kappa shape index (κ3) is 3.05. The van der Waals surface area contributed by atoms with Crippen molar-refractivity contribution in [3.05, 3.63) is 34.1 Å². The van der Waals surface area contributed by atoms with E-state index in [-0.39, 0.29) is 11.4 Å². The van der Waals surface area contributed by atoms with Crippen LogP contribution in [0, 0.1) is 11.7 Å². The van der Waals surface area contributed by atoms with Crippen LogP contribution in [-0.4, -0.2) is 5.54 Å². The lowest BCUT2D eigenvalue weighted by molar-refractivity contribution is 0.339. The Hall–Kier alpha value is -0.410. The predicted octanol–water partition coefficient (Wildman–Crippen LogP) is 3.87. The van der Waals surface area contributed by atoms with Crippen LogP contribution in [0.3, 0.4) is 0 Å². The Labute approximate surface area is 105 Å². The van der Waals surface area contributed by atoms with Gasteiger partial charge in [-0.3, -0.25) is 0 Å². The SMILES string of the molecule is CC(C)(NCc1cc(F)cc(Br)c1)C1CC1. The van der Waals surface area contributed by atoms with Gasteiger partial charge in [0, 0.05) is 16.6 Å². The van der Waals surface area contributed by atoms with Gasteiger partial charge < -0.3 is 5.32 Å². The standard InChI is InChI=1S/C13H17BrFN/c1-13(2,10-3-4-10)16-8-9-5-11(14)7-12(15)6-9/h5-7,10,16H,3-4,8H2,1-2H3. The van der Waals surface area contributed by atoms with Crippen LogP contribution in [0.25, 0.3) is 0 Å². The Bertz CT molecular complexity index is 365. The summed E-state index contributed by atoms with van der Waals surface area (Å²) in [6.45, 7) is 5.16. The van der Waals surface area contributed by atoms with Crippen LogP contribution >= 0.6 is 15.9 Å². The molecular weight excluding hydrogens is 269 g/mol. The van der Waals surface area contributed by atoms with E-state index < -0.39 is 0 Å². The van der Waals surface area contributed by atoms with E-state index in [2.05, 4.69) is 35.1 Å². The Morgan fingerprint density at radius 2 is 2.06 bits per heavy atom. The third-order valence-electron chi connectivity index (χ3n) is 3.27. The fourth-order valence-corrected chi connectivity index (χ4v) is 2.50. The number of rotatable bonds is 4. The van der Waals surface area contributed by atoms with Gasteiger partial charge in [-0.05, 0) is 56.4 Å². The minimum atomic E-state index is -0.185. The van der Waals surface area contributed by atoms with E-state index >= 15 is 0 Å². The molecule has 1 N–H and O–H groups in total. The summed E-state index contributed by atoms with van der Waals surface area (Å²) in [7, 11) is 0. The molecule has 1 aromatic carbocycles. The monoisotopic (exact) mass is 285 g/mol. The second-order valence-electron chi connectivity index (χ2n) is 5.13. The van der Waals surface area contributed by atoms with Crippen LogP contribution in [0.1, 0.15) is 32.3 Å². The first-order valence-corrected chi connectivity index (χ1v) is 6.47. The molecular formula is C13H17BrFN. The van der Waals surface area contributed by atoms with Gasteiger partial charge in [-0.15, -0.1) is 0 Å². The zero-order valence-electron chi connectivity index (χ0n) is 9.69. The van der Waals surface area contributed by atoms with Gasteiger partial charge >= 0.3 is 0 Å². The molecule has 0 spiro atoms. The molecule has 0 aromatic heterocycles. The zero-order chi connectivity index (χ0) is 11.8. The molecule has 1 fully saturated rings. The molecule has 1 aromatic rings. The highest BCUT2D eigenvalue weighted by atomic mass is 79.9. The van der Waals surface area contributed by atoms with E-state index in [9.17, 15) is 4.39 Å². The molecule has 3 heteroatoms. The molecule has 0 amide bonds. The molecule has 0 heterocycles. The topological polar surface area (TPSA) is 12.0 Å². The fraction of sp³-hybridized carbons (Fsp3) is 0.538. The van der Waals surface area contributed by atoms with E-state index in [1.54, 1.807) is 6.07 Å². The van der Waals surface area contributed by atoms with Crippen LogP contribution in [0.2, 0.25) is 0 Å². The van der Waals surface area contributed by atoms with Gasteiger partial charge in [-0.25, -0.2) is 4.39 Å². The lowest BCUT2D eigenvalue weighted by Gasteiger charge is -2.26. The molecule has 1 saturated carbocycles. The minimum Gasteiger partial charge on any atom is -0.307 e. The summed E-state index contributed by atoms with van der Waals surface area (Å²) in [5.74, 6) is 0.597. The van der Waals surface area contributed by atoms with E-state index in [4.69, 9.17) is 0 Å². The summed E-state index contributed by atoms with van der Waals surface area (Å²) in [6, 6.07) is 5.02. The molecule has 1 aliphatic carbocycles. The summed E-state index contributed by atoms with van der Waals surface area (Å²) in [6.07, 6.45) is 2.62. The molecule has 1 aliphatic rings. The quantitative estimate of drug-likeness (QED) is 0.886. The van der Waals surface area contributed by atoms with Gasteiger partial charge in [0.2, 0.25) is 0 Å². The van der Waals surface area contributed by atoms with Crippen LogP contribution in [0.4, 0.5) is 4.39 Å². The van der Waals surface area contributed by atoms with E-state index in [0.717, 1.165) is 22.5 Å². The number of hydrogen-bond acceptors (Lipinski definition) is 1. The average molecular weight is 286 g/mol. The van der Waals surface area contributed by atoms with E-state index in [1.165, 1.54) is 18.9 Å². The van der Waals surface area contributed by atoms with Crippen molar-refractivity contribution in [1.82, 2.24) is 5.32 Å². The predicted molar refractivity (Wildman–Crippen MR) is 67.7 cm³/mol. The fourth-order valence-electron chi connectivity index (χ4n) is 1.99. The first-order chi connectivity index (χ1) is 7.47. The number of halogens is 2. The highest BCUT2D eigenvalue weighted by molar-refractivity contribution is 9.10. The first-order valence-electron chi connectivity index (χ1n) is 5.67. The highest BCUT2D eigenvalue weighted by Gasteiger charge is 2.37. The zero-order valence-corrected chi connectivity index (χ0v) is 11.3. The second-order valence-corrected chi connectivity index (χ2v) is 6.04. The Kier molecular flexibility index (Phi) is 3.36. The number of nitrogens with one attached hydrogen (secondary N) is 1. The number of benzene rings is 1.